The third-order valence-corrected chi connectivity index (χ3v) is 4.52. The van der Waals surface area contributed by atoms with E-state index >= 15 is 0 Å². The molecule has 7 heteroatoms. The zero-order chi connectivity index (χ0) is 16.2. The standard InChI is InChI=1S/C15H18FN3O2S/c1-3-11(2)18-13-6-9-15(17-10-13)19-22(20,21)14-7-4-12(16)5-8-14/h4-11,18H,3H2,1-2H3,(H,17,19). The van der Waals surface area contributed by atoms with E-state index in [9.17, 15) is 12.8 Å². The second kappa shape index (κ2) is 6.74. The molecule has 1 aromatic carbocycles. The number of sulfonamides is 1. The van der Waals surface area contributed by atoms with Crippen molar-refractivity contribution in [2.75, 3.05) is 10.0 Å². The molecule has 2 N–H and O–H groups in total. The Labute approximate surface area is 129 Å². The van der Waals surface area contributed by atoms with Gasteiger partial charge in [0.25, 0.3) is 10.0 Å². The SMILES string of the molecule is CCC(C)Nc1ccc(NS(=O)(=O)c2ccc(F)cc2)nc1. The van der Waals surface area contributed by atoms with Crippen molar-refractivity contribution < 1.29 is 12.8 Å². The molecule has 2 aromatic rings. The Morgan fingerprint density at radius 1 is 1.18 bits per heavy atom. The maximum Gasteiger partial charge on any atom is 0.263 e. The number of pyridine rings is 1. The van der Waals surface area contributed by atoms with Gasteiger partial charge in [-0.05, 0) is 49.7 Å². The predicted octanol–water partition coefficient (Wildman–Crippen LogP) is 3.23. The molecule has 118 valence electrons. The van der Waals surface area contributed by atoms with E-state index in [-0.39, 0.29) is 10.7 Å². The zero-order valence-electron chi connectivity index (χ0n) is 12.4. The van der Waals surface area contributed by atoms with E-state index in [0.29, 0.717) is 6.04 Å². The van der Waals surface area contributed by atoms with Crippen LogP contribution in [0.15, 0.2) is 47.5 Å². The highest BCUT2D eigenvalue weighted by Gasteiger charge is 2.14. The van der Waals surface area contributed by atoms with Gasteiger partial charge in [-0.1, -0.05) is 6.92 Å². The molecule has 1 atom stereocenters. The minimum absolute atomic E-state index is 0.0162. The molecule has 0 aliphatic rings. The Balaban J connectivity index is 2.11. The summed E-state index contributed by atoms with van der Waals surface area (Å²) in [5.74, 6) is -0.281. The zero-order valence-corrected chi connectivity index (χ0v) is 13.2. The lowest BCUT2D eigenvalue weighted by Gasteiger charge is -2.13. The van der Waals surface area contributed by atoms with Crippen LogP contribution in [-0.2, 0) is 10.0 Å². The number of hydrogen-bond donors (Lipinski definition) is 2. The van der Waals surface area contributed by atoms with Gasteiger partial charge in [0.05, 0.1) is 16.8 Å². The number of benzene rings is 1. The number of halogens is 1. The van der Waals surface area contributed by atoms with Crippen LogP contribution in [0.4, 0.5) is 15.9 Å². The highest BCUT2D eigenvalue weighted by Crippen LogP contribution is 2.17. The lowest BCUT2D eigenvalue weighted by atomic mass is 10.2. The maximum atomic E-state index is 12.8. The minimum atomic E-state index is -3.77. The maximum absolute atomic E-state index is 12.8. The first-order chi connectivity index (χ1) is 10.4. The summed E-state index contributed by atoms with van der Waals surface area (Å²) in [5, 5.41) is 3.24. The summed E-state index contributed by atoms with van der Waals surface area (Å²) in [6, 6.07) is 8.24. The van der Waals surface area contributed by atoms with Gasteiger partial charge in [-0.3, -0.25) is 4.72 Å². The highest BCUT2D eigenvalue weighted by atomic mass is 32.2. The number of nitrogens with zero attached hydrogens (tertiary/aromatic N) is 1. The van der Waals surface area contributed by atoms with E-state index in [1.165, 1.54) is 12.1 Å². The largest absolute Gasteiger partial charge is 0.381 e. The van der Waals surface area contributed by atoms with E-state index in [1.807, 2.05) is 6.92 Å². The number of hydrogen-bond acceptors (Lipinski definition) is 4. The van der Waals surface area contributed by atoms with Crippen LogP contribution in [0.25, 0.3) is 0 Å². The first-order valence-corrected chi connectivity index (χ1v) is 8.40. The van der Waals surface area contributed by atoms with E-state index < -0.39 is 15.8 Å². The Kier molecular flexibility index (Phi) is 4.97. The highest BCUT2D eigenvalue weighted by molar-refractivity contribution is 7.92. The smallest absolute Gasteiger partial charge is 0.263 e. The molecule has 2 rings (SSSR count). The van der Waals surface area contributed by atoms with Crippen LogP contribution in [0.3, 0.4) is 0 Å². The van der Waals surface area contributed by atoms with Crippen molar-refractivity contribution >= 4 is 21.5 Å². The fourth-order valence-corrected chi connectivity index (χ4v) is 2.74. The van der Waals surface area contributed by atoms with Crippen LogP contribution in [-0.4, -0.2) is 19.4 Å². The molecule has 0 bridgehead atoms. The summed E-state index contributed by atoms with van der Waals surface area (Å²) in [6.07, 6.45) is 2.54. The van der Waals surface area contributed by atoms with Gasteiger partial charge in [-0.25, -0.2) is 17.8 Å². The first kappa shape index (κ1) is 16.2. The molecule has 1 aromatic heterocycles. The van der Waals surface area contributed by atoms with Gasteiger partial charge < -0.3 is 5.32 Å². The Morgan fingerprint density at radius 2 is 1.86 bits per heavy atom. The van der Waals surface area contributed by atoms with Crippen LogP contribution in [0.1, 0.15) is 20.3 Å². The first-order valence-electron chi connectivity index (χ1n) is 6.91. The second-order valence-electron chi connectivity index (χ2n) is 4.95. The molecule has 0 amide bonds. The fourth-order valence-electron chi connectivity index (χ4n) is 1.74. The molecular weight excluding hydrogens is 305 g/mol. The summed E-state index contributed by atoms with van der Waals surface area (Å²) >= 11 is 0. The number of aromatic nitrogens is 1. The quantitative estimate of drug-likeness (QED) is 0.856. The van der Waals surface area contributed by atoms with Gasteiger partial charge in [-0.15, -0.1) is 0 Å². The molecule has 0 saturated heterocycles. The van der Waals surface area contributed by atoms with Crippen molar-refractivity contribution in [3.63, 3.8) is 0 Å². The summed E-state index contributed by atoms with van der Waals surface area (Å²) in [5.41, 5.74) is 0.819. The second-order valence-corrected chi connectivity index (χ2v) is 6.63. The van der Waals surface area contributed by atoms with Crippen LogP contribution in [0, 0.1) is 5.82 Å². The van der Waals surface area contributed by atoms with Crippen LogP contribution in [0.5, 0.6) is 0 Å². The van der Waals surface area contributed by atoms with Crippen molar-refractivity contribution in [1.29, 1.82) is 0 Å². The van der Waals surface area contributed by atoms with Gasteiger partial charge >= 0.3 is 0 Å². The topological polar surface area (TPSA) is 71.1 Å². The van der Waals surface area contributed by atoms with E-state index in [2.05, 4.69) is 21.9 Å². The normalized spacial score (nSPS) is 12.7. The van der Waals surface area contributed by atoms with Crippen molar-refractivity contribution in [3.05, 3.63) is 48.4 Å². The average molecular weight is 323 g/mol. The van der Waals surface area contributed by atoms with E-state index in [1.54, 1.807) is 18.3 Å². The molecule has 0 saturated carbocycles. The summed E-state index contributed by atoms with van der Waals surface area (Å²) < 4.78 is 39.5. The van der Waals surface area contributed by atoms with Gasteiger partial charge in [0, 0.05) is 6.04 Å². The third-order valence-electron chi connectivity index (χ3n) is 3.15. The molecular formula is C15H18FN3O2S. The molecule has 5 nitrogen and oxygen atoms in total. The van der Waals surface area contributed by atoms with E-state index in [4.69, 9.17) is 0 Å². The number of rotatable bonds is 6. The summed E-state index contributed by atoms with van der Waals surface area (Å²) in [6.45, 7) is 4.11. The Bertz CT molecular complexity index is 715. The molecule has 0 radical (unpaired) electrons. The summed E-state index contributed by atoms with van der Waals surface area (Å²) in [4.78, 5) is 4.05. The summed E-state index contributed by atoms with van der Waals surface area (Å²) in [7, 11) is -3.77. The van der Waals surface area contributed by atoms with Crippen molar-refractivity contribution in [2.24, 2.45) is 0 Å². The number of anilines is 2. The van der Waals surface area contributed by atoms with Crippen LogP contribution < -0.4 is 10.0 Å². The monoisotopic (exact) mass is 323 g/mol. The Hall–Kier alpha value is -2.15. The average Bonchev–Trinajstić information content (AvgIpc) is 2.49. The van der Waals surface area contributed by atoms with Gasteiger partial charge in [-0.2, -0.15) is 0 Å². The van der Waals surface area contributed by atoms with Gasteiger partial charge in [0.2, 0.25) is 0 Å². The third kappa shape index (κ3) is 4.17. The fraction of sp³-hybridized carbons (Fsp3) is 0.267. The molecule has 0 aliphatic heterocycles. The Morgan fingerprint density at radius 3 is 2.41 bits per heavy atom. The van der Waals surface area contributed by atoms with Gasteiger partial charge in [0.15, 0.2) is 0 Å². The van der Waals surface area contributed by atoms with Crippen molar-refractivity contribution in [1.82, 2.24) is 4.98 Å². The van der Waals surface area contributed by atoms with Crippen LogP contribution in [0.2, 0.25) is 0 Å². The van der Waals surface area contributed by atoms with Crippen molar-refractivity contribution in [2.45, 2.75) is 31.2 Å². The lowest BCUT2D eigenvalue weighted by Crippen LogP contribution is -2.15. The molecule has 0 spiro atoms. The molecule has 1 heterocycles. The molecule has 1 unspecified atom stereocenters. The lowest BCUT2D eigenvalue weighted by molar-refractivity contribution is 0.599. The van der Waals surface area contributed by atoms with Gasteiger partial charge in [0.1, 0.15) is 11.6 Å². The molecule has 0 aliphatic carbocycles. The molecule has 22 heavy (non-hydrogen) atoms. The van der Waals surface area contributed by atoms with Crippen LogP contribution >= 0.6 is 0 Å². The number of nitrogens with one attached hydrogen (secondary N) is 2. The predicted molar refractivity (Wildman–Crippen MR) is 84.8 cm³/mol. The minimum Gasteiger partial charge on any atom is -0.381 e. The van der Waals surface area contributed by atoms with E-state index in [0.717, 1.165) is 24.2 Å². The van der Waals surface area contributed by atoms with Crippen molar-refractivity contribution in [3.8, 4) is 0 Å². The molecule has 0 fully saturated rings.